The Labute approximate surface area is 106 Å². The number of nitrogens with zero attached hydrogens (tertiary/aromatic N) is 1. The Morgan fingerprint density at radius 2 is 2.28 bits per heavy atom. The van der Waals surface area contributed by atoms with Crippen molar-refractivity contribution in [3.8, 4) is 0 Å². The second-order valence-electron chi connectivity index (χ2n) is 4.38. The van der Waals surface area contributed by atoms with Crippen LogP contribution in [0.1, 0.15) is 12.7 Å². The second-order valence-corrected chi connectivity index (χ2v) is 4.38. The number of aromatic nitrogens is 2. The lowest BCUT2D eigenvalue weighted by molar-refractivity contribution is -0.124. The maximum absolute atomic E-state index is 11.5. The van der Waals surface area contributed by atoms with Gasteiger partial charge in [0.25, 0.3) is 0 Å². The van der Waals surface area contributed by atoms with E-state index in [1.807, 2.05) is 31.2 Å². The highest BCUT2D eigenvalue weighted by Crippen LogP contribution is 2.10. The molecule has 2 aromatic rings. The van der Waals surface area contributed by atoms with E-state index >= 15 is 0 Å². The SMILES string of the molecule is CC(CN)C(=O)NCCc1nc2ccccc2[nH]1. The summed E-state index contributed by atoms with van der Waals surface area (Å²) in [6.07, 6.45) is 0.692. The summed E-state index contributed by atoms with van der Waals surface area (Å²) in [5.41, 5.74) is 7.40. The van der Waals surface area contributed by atoms with E-state index in [-0.39, 0.29) is 11.8 Å². The molecule has 18 heavy (non-hydrogen) atoms. The summed E-state index contributed by atoms with van der Waals surface area (Å²) < 4.78 is 0. The first kappa shape index (κ1) is 12.6. The van der Waals surface area contributed by atoms with Crippen LogP contribution in [0.5, 0.6) is 0 Å². The van der Waals surface area contributed by atoms with E-state index in [1.54, 1.807) is 0 Å². The zero-order valence-corrected chi connectivity index (χ0v) is 10.4. The molecular formula is C13H18N4O. The third-order valence-corrected chi connectivity index (χ3v) is 2.90. The maximum atomic E-state index is 11.5. The van der Waals surface area contributed by atoms with Crippen LogP contribution in [0, 0.1) is 5.92 Å². The van der Waals surface area contributed by atoms with Gasteiger partial charge in [0.05, 0.1) is 11.0 Å². The highest BCUT2D eigenvalue weighted by Gasteiger charge is 2.10. The number of H-pyrrole nitrogens is 1. The molecule has 0 radical (unpaired) electrons. The quantitative estimate of drug-likeness (QED) is 0.730. The standard InChI is InChI=1S/C13H18N4O/c1-9(8-14)13(18)15-7-6-12-16-10-4-2-3-5-11(10)17-12/h2-5,9H,6-8,14H2,1H3,(H,15,18)(H,16,17). The highest BCUT2D eigenvalue weighted by molar-refractivity contribution is 5.78. The number of rotatable bonds is 5. The Kier molecular flexibility index (Phi) is 3.94. The topological polar surface area (TPSA) is 83.8 Å². The van der Waals surface area contributed by atoms with Gasteiger partial charge in [-0.15, -0.1) is 0 Å². The van der Waals surface area contributed by atoms with Gasteiger partial charge in [0.2, 0.25) is 5.91 Å². The zero-order valence-electron chi connectivity index (χ0n) is 10.4. The van der Waals surface area contributed by atoms with E-state index in [2.05, 4.69) is 15.3 Å². The van der Waals surface area contributed by atoms with E-state index < -0.39 is 0 Å². The van der Waals surface area contributed by atoms with Gasteiger partial charge in [-0.1, -0.05) is 19.1 Å². The predicted octanol–water partition coefficient (Wildman–Crippen LogP) is 0.816. The van der Waals surface area contributed by atoms with Gasteiger partial charge >= 0.3 is 0 Å². The van der Waals surface area contributed by atoms with Crippen molar-refractivity contribution in [1.82, 2.24) is 15.3 Å². The first-order chi connectivity index (χ1) is 8.70. The van der Waals surface area contributed by atoms with E-state index in [1.165, 1.54) is 0 Å². The van der Waals surface area contributed by atoms with Crippen LogP contribution in [0.4, 0.5) is 0 Å². The summed E-state index contributed by atoms with van der Waals surface area (Å²) in [7, 11) is 0. The number of nitrogens with two attached hydrogens (primary N) is 1. The van der Waals surface area contributed by atoms with Gasteiger partial charge in [0.15, 0.2) is 0 Å². The number of benzene rings is 1. The molecule has 4 N–H and O–H groups in total. The first-order valence-electron chi connectivity index (χ1n) is 6.12. The minimum absolute atomic E-state index is 0.00592. The number of carbonyl (C=O) groups excluding carboxylic acids is 1. The molecule has 0 aliphatic heterocycles. The van der Waals surface area contributed by atoms with Crippen LogP contribution in [-0.2, 0) is 11.2 Å². The van der Waals surface area contributed by atoms with Crippen LogP contribution in [0.3, 0.4) is 0 Å². The number of carbonyl (C=O) groups is 1. The Hall–Kier alpha value is -1.88. The van der Waals surface area contributed by atoms with Crippen LogP contribution in [0.2, 0.25) is 0 Å². The van der Waals surface area contributed by atoms with Crippen molar-refractivity contribution in [3.63, 3.8) is 0 Å². The molecule has 5 nitrogen and oxygen atoms in total. The van der Waals surface area contributed by atoms with Crippen molar-refractivity contribution in [1.29, 1.82) is 0 Å². The third kappa shape index (κ3) is 2.87. The fourth-order valence-electron chi connectivity index (χ4n) is 1.71. The van der Waals surface area contributed by atoms with Gasteiger partial charge in [-0.05, 0) is 12.1 Å². The molecule has 0 spiro atoms. The van der Waals surface area contributed by atoms with Gasteiger partial charge in [0, 0.05) is 25.4 Å². The number of hydrogen-bond donors (Lipinski definition) is 3. The molecule has 1 aromatic carbocycles. The predicted molar refractivity (Wildman–Crippen MR) is 71.0 cm³/mol. The molecule has 0 aliphatic rings. The summed E-state index contributed by atoms with van der Waals surface area (Å²) in [4.78, 5) is 19.2. The fraction of sp³-hybridized carbons (Fsp3) is 0.385. The lowest BCUT2D eigenvalue weighted by atomic mass is 10.2. The monoisotopic (exact) mass is 246 g/mol. The lowest BCUT2D eigenvalue weighted by Gasteiger charge is -2.08. The summed E-state index contributed by atoms with van der Waals surface area (Å²) >= 11 is 0. The van der Waals surface area contributed by atoms with Crippen molar-refractivity contribution >= 4 is 16.9 Å². The number of nitrogens with one attached hydrogen (secondary N) is 2. The highest BCUT2D eigenvalue weighted by atomic mass is 16.1. The van der Waals surface area contributed by atoms with Crippen LogP contribution in [0.15, 0.2) is 24.3 Å². The van der Waals surface area contributed by atoms with E-state index in [0.29, 0.717) is 19.5 Å². The molecule has 1 atom stereocenters. The molecule has 1 amide bonds. The number of aromatic amines is 1. The van der Waals surface area contributed by atoms with Crippen molar-refractivity contribution in [2.24, 2.45) is 11.7 Å². The summed E-state index contributed by atoms with van der Waals surface area (Å²) in [6, 6.07) is 7.87. The number of imidazole rings is 1. The molecule has 1 heterocycles. The van der Waals surface area contributed by atoms with Crippen LogP contribution < -0.4 is 11.1 Å². The minimum Gasteiger partial charge on any atom is -0.355 e. The number of fused-ring (bicyclic) bond motifs is 1. The maximum Gasteiger partial charge on any atom is 0.224 e. The van der Waals surface area contributed by atoms with Gasteiger partial charge in [-0.25, -0.2) is 4.98 Å². The van der Waals surface area contributed by atoms with Crippen molar-refractivity contribution in [2.45, 2.75) is 13.3 Å². The second kappa shape index (κ2) is 5.64. The van der Waals surface area contributed by atoms with Crippen molar-refractivity contribution in [2.75, 3.05) is 13.1 Å². The normalized spacial score (nSPS) is 12.6. The van der Waals surface area contributed by atoms with E-state index in [4.69, 9.17) is 5.73 Å². The van der Waals surface area contributed by atoms with E-state index in [0.717, 1.165) is 16.9 Å². The average molecular weight is 246 g/mol. The number of amides is 1. The largest absolute Gasteiger partial charge is 0.355 e. The van der Waals surface area contributed by atoms with Gasteiger partial charge in [-0.3, -0.25) is 4.79 Å². The molecule has 1 unspecified atom stereocenters. The molecule has 0 saturated heterocycles. The summed E-state index contributed by atoms with van der Waals surface area (Å²) in [5, 5.41) is 2.85. The average Bonchev–Trinajstić information content (AvgIpc) is 2.80. The molecule has 2 rings (SSSR count). The first-order valence-corrected chi connectivity index (χ1v) is 6.12. The summed E-state index contributed by atoms with van der Waals surface area (Å²) in [6.45, 7) is 2.76. The lowest BCUT2D eigenvalue weighted by Crippen LogP contribution is -2.34. The molecule has 0 aliphatic carbocycles. The summed E-state index contributed by atoms with van der Waals surface area (Å²) in [5.74, 6) is 0.742. The van der Waals surface area contributed by atoms with Crippen LogP contribution in [-0.4, -0.2) is 29.0 Å². The van der Waals surface area contributed by atoms with Crippen molar-refractivity contribution < 1.29 is 4.79 Å². The molecule has 5 heteroatoms. The van der Waals surface area contributed by atoms with Crippen molar-refractivity contribution in [3.05, 3.63) is 30.1 Å². The van der Waals surface area contributed by atoms with Crippen LogP contribution >= 0.6 is 0 Å². The fourth-order valence-corrected chi connectivity index (χ4v) is 1.71. The molecule has 96 valence electrons. The van der Waals surface area contributed by atoms with Gasteiger partial charge < -0.3 is 16.0 Å². The Morgan fingerprint density at radius 3 is 3.00 bits per heavy atom. The molecular weight excluding hydrogens is 228 g/mol. The molecule has 1 aromatic heterocycles. The van der Waals surface area contributed by atoms with Gasteiger partial charge in [0.1, 0.15) is 5.82 Å². The van der Waals surface area contributed by atoms with Gasteiger partial charge in [-0.2, -0.15) is 0 Å². The smallest absolute Gasteiger partial charge is 0.224 e. The Morgan fingerprint density at radius 1 is 1.50 bits per heavy atom. The Balaban J connectivity index is 1.89. The molecule has 0 fully saturated rings. The zero-order chi connectivity index (χ0) is 13.0. The number of para-hydroxylation sites is 2. The third-order valence-electron chi connectivity index (χ3n) is 2.90. The Bertz CT molecular complexity index is 502. The van der Waals surface area contributed by atoms with E-state index in [9.17, 15) is 4.79 Å². The minimum atomic E-state index is -0.138. The molecule has 0 saturated carbocycles. The molecule has 0 bridgehead atoms. The number of hydrogen-bond acceptors (Lipinski definition) is 3. The van der Waals surface area contributed by atoms with Crippen LogP contribution in [0.25, 0.3) is 11.0 Å².